The van der Waals surface area contributed by atoms with Crippen molar-refractivity contribution in [2.24, 2.45) is 0 Å². The Balaban J connectivity index is -0.0000000133. The number of halogens is 1. The van der Waals surface area contributed by atoms with Crippen molar-refractivity contribution in [3.63, 3.8) is 0 Å². The molecule has 0 fully saturated rings. The van der Waals surface area contributed by atoms with Gasteiger partial charge in [-0.15, -0.1) is 0 Å². The van der Waals surface area contributed by atoms with Crippen LogP contribution in [0.4, 0.5) is 0 Å². The van der Waals surface area contributed by atoms with Crippen molar-refractivity contribution < 1.29 is 164 Å². The molecule has 0 saturated heterocycles. The molecule has 0 atom stereocenters. The van der Waals surface area contributed by atoms with Crippen molar-refractivity contribution in [3.05, 3.63) is 0 Å². The summed E-state index contributed by atoms with van der Waals surface area (Å²) >= 11 is 0. The molecule has 4 nitrogen and oxygen atoms in total. The molecular weight excluding hydrogens is 232 g/mol. The summed E-state index contributed by atoms with van der Waals surface area (Å²) in [5.74, 6) is 0. The van der Waals surface area contributed by atoms with Gasteiger partial charge in [0, 0.05) is 0 Å². The summed E-state index contributed by atoms with van der Waals surface area (Å²) in [6, 6.07) is 0. The first kappa shape index (κ1) is 29.2. The van der Waals surface area contributed by atoms with Crippen LogP contribution in [0, 0.1) is 0 Å². The minimum atomic E-state index is -5.14. The minimum Gasteiger partial charge on any atom is -1.00 e. The summed E-state index contributed by atoms with van der Waals surface area (Å²) in [6.07, 6.45) is 0. The minimum absolute atomic E-state index is 0. The predicted octanol–water partition coefficient (Wildman–Crippen LogP) is -14.2. The molecule has 0 unspecified atom stereocenters. The standard InChI is InChI=1S/ClH.2K.Na.H3O4P/c;;;;1-5(2,3)4/h1H;;;;(H3,1,2,3,4)/q;3*+1;/p-3. The van der Waals surface area contributed by atoms with Gasteiger partial charge in [0.25, 0.3) is 0 Å². The van der Waals surface area contributed by atoms with Gasteiger partial charge < -0.3 is 31.7 Å². The van der Waals surface area contributed by atoms with Crippen LogP contribution in [0.3, 0.4) is 0 Å². The van der Waals surface area contributed by atoms with Crippen LogP contribution >= 0.6 is 7.82 Å². The summed E-state index contributed by atoms with van der Waals surface area (Å²) in [4.78, 5) is 24.3. The van der Waals surface area contributed by atoms with Crippen molar-refractivity contribution in [1.82, 2.24) is 0 Å². The molecular formula is HClK2NaO4P. The molecule has 0 radical (unpaired) electrons. The fraction of sp³-hybridized carbons (Fsp3) is 0. The maximum absolute atomic E-state index is 8.66. The molecule has 40 valence electrons. The Labute approximate surface area is 167 Å². The van der Waals surface area contributed by atoms with Crippen molar-refractivity contribution in [1.29, 1.82) is 0 Å². The van der Waals surface area contributed by atoms with Gasteiger partial charge in [-0.25, -0.2) is 0 Å². The summed E-state index contributed by atoms with van der Waals surface area (Å²) in [7, 11) is -5.14. The van der Waals surface area contributed by atoms with E-state index in [0.29, 0.717) is 0 Å². The molecule has 0 aliphatic heterocycles. The summed E-state index contributed by atoms with van der Waals surface area (Å²) in [5.41, 5.74) is 0. The quantitative estimate of drug-likeness (QED) is 0.332. The van der Waals surface area contributed by atoms with Crippen LogP contribution < -0.4 is 155 Å². The van der Waals surface area contributed by atoms with Gasteiger partial charge in [0.15, 0.2) is 0 Å². The normalized spacial score (nSPS) is 6.56. The van der Waals surface area contributed by atoms with Gasteiger partial charge in [-0.3, -0.25) is 0 Å². The summed E-state index contributed by atoms with van der Waals surface area (Å²) < 4.78 is 8.66. The molecule has 0 aromatic heterocycles. The van der Waals surface area contributed by atoms with E-state index in [1.54, 1.807) is 0 Å². The number of phosphoric acid groups is 1. The van der Waals surface area contributed by atoms with E-state index in [0.717, 1.165) is 0 Å². The Hall–Kier alpha value is 4.67. The van der Waals surface area contributed by atoms with Crippen LogP contribution in [-0.4, -0.2) is 4.89 Å². The molecule has 0 aromatic carbocycles. The molecule has 0 bridgehead atoms. The fourth-order valence-corrected chi connectivity index (χ4v) is 0. The van der Waals surface area contributed by atoms with E-state index in [1.807, 2.05) is 0 Å². The van der Waals surface area contributed by atoms with Gasteiger partial charge in [0.1, 0.15) is 0 Å². The average molecular weight is 233 g/mol. The zero-order valence-corrected chi connectivity index (χ0v) is 15.4. The van der Waals surface area contributed by atoms with Crippen molar-refractivity contribution in [2.75, 3.05) is 0 Å². The third-order valence-corrected chi connectivity index (χ3v) is 0. The molecule has 0 heterocycles. The number of rotatable bonds is 0. The average Bonchev–Trinajstić information content (AvgIpc) is 0.722. The third-order valence-electron chi connectivity index (χ3n) is 0. The van der Waals surface area contributed by atoms with Crippen molar-refractivity contribution in [3.8, 4) is 0 Å². The van der Waals surface area contributed by atoms with Gasteiger partial charge in [0.05, 0.1) is 7.82 Å². The van der Waals surface area contributed by atoms with Crippen LogP contribution in [0.5, 0.6) is 0 Å². The Morgan fingerprint density at radius 1 is 1.22 bits per heavy atom. The fourth-order valence-electron chi connectivity index (χ4n) is 0. The van der Waals surface area contributed by atoms with E-state index in [-0.39, 0.29) is 145 Å². The molecule has 0 spiro atoms. The molecule has 0 aromatic rings. The molecule has 0 saturated carbocycles. The molecule has 9 heteroatoms. The Morgan fingerprint density at radius 3 is 1.22 bits per heavy atom. The molecule has 0 aliphatic carbocycles. The monoisotopic (exact) mass is 232 g/mol. The molecule has 1 N–H and O–H groups in total. The third kappa shape index (κ3) is 66.1. The smallest absolute Gasteiger partial charge is 1.00 e. The Kier molecular flexibility index (Phi) is 49.2. The van der Waals surface area contributed by atoms with Crippen LogP contribution in [0.25, 0.3) is 0 Å². The first-order valence-electron chi connectivity index (χ1n) is 0.748. The molecule has 0 aliphatic rings. The van der Waals surface area contributed by atoms with Crippen molar-refractivity contribution >= 4 is 7.82 Å². The second-order valence-electron chi connectivity index (χ2n) is 0.469. The van der Waals surface area contributed by atoms with Gasteiger partial charge in [-0.1, -0.05) is 0 Å². The van der Waals surface area contributed by atoms with E-state index in [2.05, 4.69) is 0 Å². The summed E-state index contributed by atoms with van der Waals surface area (Å²) in [5, 5.41) is 0. The van der Waals surface area contributed by atoms with E-state index < -0.39 is 7.82 Å². The van der Waals surface area contributed by atoms with E-state index in [9.17, 15) is 0 Å². The van der Waals surface area contributed by atoms with Gasteiger partial charge >= 0.3 is 132 Å². The maximum Gasteiger partial charge on any atom is 1.00 e. The second kappa shape index (κ2) is 15.2. The van der Waals surface area contributed by atoms with Gasteiger partial charge in [-0.05, 0) is 0 Å². The predicted molar refractivity (Wildman–Crippen MR) is 9.83 cm³/mol. The Bertz CT molecular complexity index is 64.7. The molecule has 9 heavy (non-hydrogen) atoms. The van der Waals surface area contributed by atoms with Crippen LogP contribution in [-0.2, 0) is 4.57 Å². The Morgan fingerprint density at radius 2 is 1.22 bits per heavy atom. The van der Waals surface area contributed by atoms with Crippen LogP contribution in [0.15, 0.2) is 0 Å². The molecule has 0 rings (SSSR count). The van der Waals surface area contributed by atoms with Crippen LogP contribution in [0.2, 0.25) is 0 Å². The van der Waals surface area contributed by atoms with Crippen molar-refractivity contribution in [2.45, 2.75) is 0 Å². The topological polar surface area (TPSA) is 83.4 Å². The number of hydrogen-bond acceptors (Lipinski definition) is 3. The maximum atomic E-state index is 8.66. The zero-order valence-electron chi connectivity index (χ0n) is 5.50. The largest absolute Gasteiger partial charge is 1.00 e. The molecule has 0 amide bonds. The summed E-state index contributed by atoms with van der Waals surface area (Å²) in [6.45, 7) is 0. The number of hydrogen-bond donors (Lipinski definition) is 1. The van der Waals surface area contributed by atoms with E-state index >= 15 is 0 Å². The first-order valence-corrected chi connectivity index (χ1v) is 2.24. The second-order valence-corrected chi connectivity index (χ2v) is 1.41. The van der Waals surface area contributed by atoms with Crippen LogP contribution in [0.1, 0.15) is 0 Å². The zero-order chi connectivity index (χ0) is 4.50. The van der Waals surface area contributed by atoms with Gasteiger partial charge in [0.2, 0.25) is 0 Å². The van der Waals surface area contributed by atoms with Gasteiger partial charge in [-0.2, -0.15) is 0 Å². The first-order chi connectivity index (χ1) is 2.00. The van der Waals surface area contributed by atoms with E-state index in [1.165, 1.54) is 0 Å². The van der Waals surface area contributed by atoms with E-state index in [4.69, 9.17) is 19.2 Å². The SMILES string of the molecule is O=P([O-])([O-])O.[Cl-].[K+].[K+].[Na+].